The summed E-state index contributed by atoms with van der Waals surface area (Å²) in [4.78, 5) is 62.6. The normalized spacial score (nSPS) is 12.8. The number of carbonyl (C=O) groups is 2. The Morgan fingerprint density at radius 3 is 1.74 bits per heavy atom. The first kappa shape index (κ1) is 30.3. The van der Waals surface area contributed by atoms with Crippen molar-refractivity contribution in [3.63, 3.8) is 0 Å². The van der Waals surface area contributed by atoms with Crippen LogP contribution in [0.5, 0.6) is 0 Å². The van der Waals surface area contributed by atoms with Crippen LogP contribution in [0.25, 0.3) is 0 Å². The zero-order valence-corrected chi connectivity index (χ0v) is 20.8. The van der Waals surface area contributed by atoms with E-state index in [4.69, 9.17) is 21.5 Å². The van der Waals surface area contributed by atoms with Crippen molar-refractivity contribution in [1.29, 1.82) is 0 Å². The van der Waals surface area contributed by atoms with Crippen LogP contribution in [-0.4, -0.2) is 51.0 Å². The lowest BCUT2D eigenvalue weighted by Gasteiger charge is -2.10. The third-order valence-corrected chi connectivity index (χ3v) is 5.67. The van der Waals surface area contributed by atoms with E-state index < -0.39 is 29.0 Å². The summed E-state index contributed by atoms with van der Waals surface area (Å²) in [6, 6.07) is 0. The third kappa shape index (κ3) is 12.0. The van der Waals surface area contributed by atoms with Crippen molar-refractivity contribution in [2.75, 3.05) is 19.8 Å². The zero-order valence-electron chi connectivity index (χ0n) is 20.8. The van der Waals surface area contributed by atoms with E-state index in [0.29, 0.717) is 25.2 Å². The van der Waals surface area contributed by atoms with E-state index in [0.717, 1.165) is 34.8 Å². The van der Waals surface area contributed by atoms with E-state index in [-0.39, 0.29) is 51.7 Å². The summed E-state index contributed by atoms with van der Waals surface area (Å²) < 4.78 is 11.7. The minimum Gasteiger partial charge on any atom is -0.466 e. The van der Waals surface area contributed by atoms with Crippen LogP contribution in [-0.2, 0) is 32.2 Å². The van der Waals surface area contributed by atoms with E-state index in [1.165, 1.54) is 0 Å². The van der Waals surface area contributed by atoms with Gasteiger partial charge in [0, 0.05) is 19.7 Å². The lowest BCUT2D eigenvalue weighted by atomic mass is 10.0. The van der Waals surface area contributed by atoms with Crippen LogP contribution in [0, 0.1) is 18.8 Å². The molecule has 11 nitrogen and oxygen atoms in total. The van der Waals surface area contributed by atoms with Gasteiger partial charge in [0.15, 0.2) is 0 Å². The number of nitrogens with zero attached hydrogens (tertiary/aromatic N) is 2. The second kappa shape index (κ2) is 16.9. The van der Waals surface area contributed by atoms with Crippen LogP contribution >= 0.6 is 0 Å². The Hall–Kier alpha value is -2.69. The summed E-state index contributed by atoms with van der Waals surface area (Å²) in [5.74, 6) is -0.531. The molecule has 0 amide bonds. The number of esters is 2. The molecule has 0 aliphatic carbocycles. The highest BCUT2D eigenvalue weighted by molar-refractivity contribution is 5.69. The molecule has 0 spiro atoms. The van der Waals surface area contributed by atoms with Gasteiger partial charge in [-0.25, -0.2) is 23.5 Å². The van der Waals surface area contributed by atoms with Crippen LogP contribution < -0.4 is 17.1 Å². The van der Waals surface area contributed by atoms with Gasteiger partial charge in [0.05, 0.1) is 26.1 Å². The largest absolute Gasteiger partial charge is 0.466 e. The highest BCUT2D eigenvalue weighted by Crippen LogP contribution is 2.10. The molecule has 11 heteroatoms. The average molecular weight is 498 g/mol. The molecule has 1 aromatic rings. The lowest BCUT2D eigenvalue weighted by molar-refractivity contribution is -0.144. The fraction of sp³-hybridized carbons (Fsp3) is 0.750. The number of unbranched alkanes of at least 4 members (excludes halogenated alkanes) is 2. The maximum atomic E-state index is 12.6. The van der Waals surface area contributed by atoms with Crippen LogP contribution in [0.3, 0.4) is 0 Å². The molecule has 2 radical (unpaired) electrons. The molecular formula is C24H39N3O8. The summed E-state index contributed by atoms with van der Waals surface area (Å²) in [5.41, 5.74) is -2.77. The molecule has 35 heavy (non-hydrogen) atoms. The van der Waals surface area contributed by atoms with Crippen molar-refractivity contribution in [2.45, 2.75) is 84.7 Å². The van der Waals surface area contributed by atoms with Gasteiger partial charge < -0.3 is 14.6 Å². The number of aromatic nitrogens is 3. The second-order valence-corrected chi connectivity index (χ2v) is 8.88. The van der Waals surface area contributed by atoms with E-state index in [1.807, 2.05) is 18.8 Å². The summed E-state index contributed by atoms with van der Waals surface area (Å²) in [6.45, 7) is 9.57. The number of hydrogen-bond donors (Lipinski definition) is 2. The Kier molecular flexibility index (Phi) is 14.6. The van der Waals surface area contributed by atoms with E-state index in [1.54, 1.807) is 0 Å². The number of H-pyrrole nitrogens is 1. The molecule has 0 fully saturated rings. The predicted molar refractivity (Wildman–Crippen MR) is 129 cm³/mol. The zero-order chi connectivity index (χ0) is 26.2. The van der Waals surface area contributed by atoms with Crippen molar-refractivity contribution < 1.29 is 24.2 Å². The number of aliphatic hydroxyl groups is 1. The number of ether oxygens (including phenoxy) is 2. The number of carbonyl (C=O) groups excluding carboxylic acids is 2. The van der Waals surface area contributed by atoms with Gasteiger partial charge >= 0.3 is 29.0 Å². The van der Waals surface area contributed by atoms with E-state index in [2.05, 4.69) is 0 Å². The molecule has 2 N–H and O–H groups in total. The van der Waals surface area contributed by atoms with Gasteiger partial charge in [0.2, 0.25) is 0 Å². The summed E-state index contributed by atoms with van der Waals surface area (Å²) in [7, 11) is 0. The third-order valence-electron chi connectivity index (χ3n) is 5.67. The monoisotopic (exact) mass is 497 g/mol. The van der Waals surface area contributed by atoms with Crippen molar-refractivity contribution in [1.82, 2.24) is 14.1 Å². The smallest absolute Gasteiger partial charge is 0.336 e. The number of rotatable bonds is 18. The van der Waals surface area contributed by atoms with Crippen molar-refractivity contribution >= 4 is 11.9 Å². The molecule has 2 unspecified atom stereocenters. The van der Waals surface area contributed by atoms with Gasteiger partial charge in [0.1, 0.15) is 0 Å². The molecule has 2 atom stereocenters. The number of aliphatic hydroxyl groups excluding tert-OH is 1. The molecule has 1 aromatic heterocycles. The Bertz CT molecular complexity index is 878. The first-order chi connectivity index (χ1) is 16.7. The number of hydrogen-bond acceptors (Lipinski definition) is 8. The molecule has 0 bridgehead atoms. The topological polar surface area (TPSA) is 150 Å². The molecule has 0 saturated carbocycles. The molecular weight excluding hydrogens is 458 g/mol. The van der Waals surface area contributed by atoms with E-state index >= 15 is 0 Å². The first-order valence-electron chi connectivity index (χ1n) is 12.3. The van der Waals surface area contributed by atoms with E-state index in [9.17, 15) is 24.0 Å². The lowest BCUT2D eigenvalue weighted by Crippen LogP contribution is -2.49. The Morgan fingerprint density at radius 1 is 0.857 bits per heavy atom. The highest BCUT2D eigenvalue weighted by Gasteiger charge is 2.14. The van der Waals surface area contributed by atoms with Gasteiger partial charge in [0.25, 0.3) is 0 Å². The Balaban J connectivity index is 2.51. The fourth-order valence-corrected chi connectivity index (χ4v) is 3.26. The molecule has 0 saturated heterocycles. The number of nitrogens with one attached hydrogen (secondary N) is 1. The molecule has 0 aliphatic heterocycles. The fourth-order valence-electron chi connectivity index (χ4n) is 3.26. The van der Waals surface area contributed by atoms with Gasteiger partial charge in [-0.3, -0.25) is 14.6 Å². The predicted octanol–water partition coefficient (Wildman–Crippen LogP) is 1.27. The van der Waals surface area contributed by atoms with Gasteiger partial charge in [-0.05, 0) is 57.3 Å². The molecule has 1 rings (SSSR count). The number of aromatic amines is 1. The average Bonchev–Trinajstić information content (AvgIpc) is 2.82. The molecule has 1 heterocycles. The van der Waals surface area contributed by atoms with Crippen LogP contribution in [0.4, 0.5) is 0 Å². The van der Waals surface area contributed by atoms with Crippen molar-refractivity contribution in [2.24, 2.45) is 11.8 Å². The molecule has 0 aliphatic rings. The quantitative estimate of drug-likeness (QED) is 0.227. The maximum absolute atomic E-state index is 12.6. The maximum Gasteiger partial charge on any atom is 0.336 e. The van der Waals surface area contributed by atoms with Crippen molar-refractivity contribution in [3.05, 3.63) is 38.4 Å². The Morgan fingerprint density at radius 2 is 1.31 bits per heavy atom. The van der Waals surface area contributed by atoms with Crippen molar-refractivity contribution in [3.8, 4) is 0 Å². The Labute approximate surface area is 205 Å². The summed E-state index contributed by atoms with van der Waals surface area (Å²) in [5, 5.41) is 8.99. The van der Waals surface area contributed by atoms with Crippen LogP contribution in [0.15, 0.2) is 14.4 Å². The highest BCUT2D eigenvalue weighted by atomic mass is 16.5. The minimum absolute atomic E-state index is 0.113. The van der Waals surface area contributed by atoms with Gasteiger partial charge in [-0.15, -0.1) is 0 Å². The second-order valence-electron chi connectivity index (χ2n) is 8.88. The summed E-state index contributed by atoms with van der Waals surface area (Å²) >= 11 is 0. The van der Waals surface area contributed by atoms with Crippen LogP contribution in [0.2, 0.25) is 0 Å². The van der Waals surface area contributed by atoms with Gasteiger partial charge in [-0.1, -0.05) is 20.3 Å². The van der Waals surface area contributed by atoms with Crippen LogP contribution in [0.1, 0.15) is 71.6 Å². The first-order valence-corrected chi connectivity index (χ1v) is 12.3. The molecule has 198 valence electrons. The standard InChI is InChI=1S/C24H39N3O8/c1-4-18(2)9-5-7-15-34-20(29)11-13-26-22(31)25-23(32)27(24(26)33)14-12-21(30)35-16-8-6-10-19(3)17-28/h1,18-19,28H,4-17H2,2-3H3,(H,25,31,32). The molecule has 0 aromatic carbocycles. The SMILES string of the molecule is [CH]CC(C)CCCCOC(=O)CCn1c(=O)[nH]c(=O)n(CCC(=O)OCCCCC(C)CO)c1=O. The minimum atomic E-state index is -0.934. The summed E-state index contributed by atoms with van der Waals surface area (Å²) in [6.07, 6.45) is 4.95. The van der Waals surface area contributed by atoms with Gasteiger partial charge in [-0.2, -0.15) is 0 Å².